The molecular formula is C13H25N3O2. The van der Waals surface area contributed by atoms with Crippen molar-refractivity contribution in [1.82, 2.24) is 10.6 Å². The third kappa shape index (κ3) is 4.29. The summed E-state index contributed by atoms with van der Waals surface area (Å²) in [6, 6.07) is 0.118. The van der Waals surface area contributed by atoms with Crippen molar-refractivity contribution < 1.29 is 9.59 Å². The minimum atomic E-state index is -0.0777. The lowest BCUT2D eigenvalue weighted by Gasteiger charge is -2.36. The summed E-state index contributed by atoms with van der Waals surface area (Å²) in [6.07, 6.45) is 1.76. The number of rotatable bonds is 4. The normalized spacial score (nSPS) is 31.8. The van der Waals surface area contributed by atoms with E-state index in [2.05, 4.69) is 24.5 Å². The number of amides is 2. The summed E-state index contributed by atoms with van der Waals surface area (Å²) in [5.74, 6) is 0.860. The molecule has 0 aliphatic heterocycles. The lowest BCUT2D eigenvalue weighted by molar-refractivity contribution is -0.128. The number of carbonyl (C=O) groups excluding carboxylic acids is 2. The molecule has 0 aromatic heterocycles. The first-order valence-electron chi connectivity index (χ1n) is 6.69. The van der Waals surface area contributed by atoms with Crippen LogP contribution in [0.5, 0.6) is 0 Å². The summed E-state index contributed by atoms with van der Waals surface area (Å²) in [7, 11) is 0. The number of nitrogens with two attached hydrogens (primary N) is 1. The second-order valence-electron chi connectivity index (χ2n) is 5.47. The highest BCUT2D eigenvalue weighted by Crippen LogP contribution is 2.32. The van der Waals surface area contributed by atoms with Gasteiger partial charge in [0.2, 0.25) is 11.8 Å². The first-order valence-corrected chi connectivity index (χ1v) is 6.69. The highest BCUT2D eigenvalue weighted by atomic mass is 16.2. The van der Waals surface area contributed by atoms with E-state index in [9.17, 15) is 9.59 Å². The van der Waals surface area contributed by atoms with Crippen LogP contribution in [0, 0.1) is 17.8 Å². The van der Waals surface area contributed by atoms with E-state index in [0.29, 0.717) is 24.9 Å². The van der Waals surface area contributed by atoms with Crippen LogP contribution in [0.25, 0.3) is 0 Å². The zero-order valence-corrected chi connectivity index (χ0v) is 11.5. The average molecular weight is 255 g/mol. The largest absolute Gasteiger partial charge is 0.355 e. The first kappa shape index (κ1) is 15.0. The Labute approximate surface area is 109 Å². The Bertz CT molecular complexity index is 307. The maximum atomic E-state index is 12.0. The Balaban J connectivity index is 2.34. The molecule has 0 radical (unpaired) electrons. The van der Waals surface area contributed by atoms with Crippen molar-refractivity contribution >= 4 is 11.8 Å². The van der Waals surface area contributed by atoms with E-state index in [0.717, 1.165) is 12.8 Å². The van der Waals surface area contributed by atoms with Crippen LogP contribution in [0.2, 0.25) is 0 Å². The van der Waals surface area contributed by atoms with Gasteiger partial charge < -0.3 is 16.4 Å². The van der Waals surface area contributed by atoms with Gasteiger partial charge in [0.15, 0.2) is 0 Å². The van der Waals surface area contributed by atoms with Crippen molar-refractivity contribution in [3.63, 3.8) is 0 Å². The van der Waals surface area contributed by atoms with Gasteiger partial charge in [0.25, 0.3) is 0 Å². The van der Waals surface area contributed by atoms with Gasteiger partial charge in [-0.1, -0.05) is 13.8 Å². The predicted molar refractivity (Wildman–Crippen MR) is 70.7 cm³/mol. The van der Waals surface area contributed by atoms with Crippen LogP contribution in [-0.2, 0) is 9.59 Å². The maximum Gasteiger partial charge on any atom is 0.223 e. The Morgan fingerprint density at radius 3 is 2.33 bits per heavy atom. The molecule has 1 saturated carbocycles. The molecule has 1 aliphatic carbocycles. The molecule has 4 N–H and O–H groups in total. The lowest BCUT2D eigenvalue weighted by atomic mass is 9.72. The zero-order valence-electron chi connectivity index (χ0n) is 11.5. The fraction of sp³-hybridized carbons (Fsp3) is 0.846. The van der Waals surface area contributed by atoms with Crippen LogP contribution in [0.15, 0.2) is 0 Å². The van der Waals surface area contributed by atoms with E-state index in [-0.39, 0.29) is 23.8 Å². The third-order valence-corrected chi connectivity index (χ3v) is 3.82. The van der Waals surface area contributed by atoms with Crippen molar-refractivity contribution in [2.45, 2.75) is 39.7 Å². The lowest BCUT2D eigenvalue weighted by Crippen LogP contribution is -2.46. The quantitative estimate of drug-likeness (QED) is 0.630. The standard InChI is InChI=1S/C13H25N3O2/c1-8-6-9(2)12(14)7-11(8)13(18)16-5-4-15-10(3)17/h8-9,11-12H,4-7,14H2,1-3H3,(H,15,17)(H,16,18). The number of carbonyl (C=O) groups is 2. The highest BCUT2D eigenvalue weighted by molar-refractivity contribution is 5.79. The van der Waals surface area contributed by atoms with Gasteiger partial charge in [-0.25, -0.2) is 0 Å². The number of nitrogens with one attached hydrogen (secondary N) is 2. The van der Waals surface area contributed by atoms with Gasteiger partial charge in [0, 0.05) is 32.0 Å². The molecule has 1 aliphatic rings. The molecule has 4 unspecified atom stereocenters. The van der Waals surface area contributed by atoms with Crippen molar-refractivity contribution in [2.75, 3.05) is 13.1 Å². The maximum absolute atomic E-state index is 12.0. The molecular weight excluding hydrogens is 230 g/mol. The van der Waals surface area contributed by atoms with Crippen LogP contribution in [0.4, 0.5) is 0 Å². The van der Waals surface area contributed by atoms with E-state index in [1.54, 1.807) is 0 Å². The molecule has 0 aromatic carbocycles. The zero-order chi connectivity index (χ0) is 13.7. The Morgan fingerprint density at radius 1 is 1.11 bits per heavy atom. The Hall–Kier alpha value is -1.10. The van der Waals surface area contributed by atoms with Crippen LogP contribution >= 0.6 is 0 Å². The minimum Gasteiger partial charge on any atom is -0.355 e. The summed E-state index contributed by atoms with van der Waals surface area (Å²) < 4.78 is 0. The van der Waals surface area contributed by atoms with Gasteiger partial charge >= 0.3 is 0 Å². The molecule has 5 heteroatoms. The van der Waals surface area contributed by atoms with E-state index < -0.39 is 0 Å². The van der Waals surface area contributed by atoms with Crippen molar-refractivity contribution in [2.24, 2.45) is 23.5 Å². The second-order valence-corrected chi connectivity index (χ2v) is 5.47. The summed E-state index contributed by atoms with van der Waals surface area (Å²) in [5, 5.41) is 5.52. The van der Waals surface area contributed by atoms with E-state index >= 15 is 0 Å². The molecule has 0 bridgehead atoms. The van der Waals surface area contributed by atoms with E-state index in [1.807, 2.05) is 0 Å². The SMILES string of the molecule is CC(=O)NCCNC(=O)C1CC(N)C(C)CC1C. The molecule has 0 spiro atoms. The van der Waals surface area contributed by atoms with Crippen molar-refractivity contribution in [3.05, 3.63) is 0 Å². The smallest absolute Gasteiger partial charge is 0.223 e. The fourth-order valence-electron chi connectivity index (χ4n) is 2.60. The topological polar surface area (TPSA) is 84.2 Å². The van der Waals surface area contributed by atoms with Gasteiger partial charge in [0.05, 0.1) is 0 Å². The molecule has 104 valence electrons. The molecule has 18 heavy (non-hydrogen) atoms. The van der Waals surface area contributed by atoms with Gasteiger partial charge in [-0.15, -0.1) is 0 Å². The number of hydrogen-bond acceptors (Lipinski definition) is 3. The van der Waals surface area contributed by atoms with E-state index in [4.69, 9.17) is 5.73 Å². The highest BCUT2D eigenvalue weighted by Gasteiger charge is 2.34. The minimum absolute atomic E-state index is 0.00790. The van der Waals surface area contributed by atoms with Gasteiger partial charge in [-0.2, -0.15) is 0 Å². The third-order valence-electron chi connectivity index (χ3n) is 3.82. The van der Waals surface area contributed by atoms with Crippen molar-refractivity contribution in [3.8, 4) is 0 Å². The fourth-order valence-corrected chi connectivity index (χ4v) is 2.60. The van der Waals surface area contributed by atoms with E-state index in [1.165, 1.54) is 6.92 Å². The monoisotopic (exact) mass is 255 g/mol. The van der Waals surface area contributed by atoms with Gasteiger partial charge in [-0.3, -0.25) is 9.59 Å². The molecule has 0 saturated heterocycles. The van der Waals surface area contributed by atoms with Crippen LogP contribution in [0.1, 0.15) is 33.6 Å². The molecule has 2 amide bonds. The molecule has 1 rings (SSSR count). The molecule has 0 heterocycles. The van der Waals surface area contributed by atoms with Crippen molar-refractivity contribution in [1.29, 1.82) is 0 Å². The molecule has 4 atom stereocenters. The summed E-state index contributed by atoms with van der Waals surface area (Å²) in [4.78, 5) is 22.7. The molecule has 0 aromatic rings. The summed E-state index contributed by atoms with van der Waals surface area (Å²) in [6.45, 7) is 6.68. The predicted octanol–water partition coefficient (Wildman–Crippen LogP) is 0.248. The average Bonchev–Trinajstić information content (AvgIpc) is 2.28. The molecule has 1 fully saturated rings. The summed E-state index contributed by atoms with van der Waals surface area (Å²) in [5.41, 5.74) is 6.03. The first-order chi connectivity index (χ1) is 8.41. The Morgan fingerprint density at radius 2 is 1.72 bits per heavy atom. The second kappa shape index (κ2) is 6.73. The van der Waals surface area contributed by atoms with Crippen LogP contribution in [0.3, 0.4) is 0 Å². The van der Waals surface area contributed by atoms with Gasteiger partial charge in [0.1, 0.15) is 0 Å². The van der Waals surface area contributed by atoms with Gasteiger partial charge in [-0.05, 0) is 24.7 Å². The van der Waals surface area contributed by atoms with Crippen LogP contribution in [-0.4, -0.2) is 30.9 Å². The van der Waals surface area contributed by atoms with Crippen LogP contribution < -0.4 is 16.4 Å². The Kier molecular flexibility index (Phi) is 5.59. The summed E-state index contributed by atoms with van der Waals surface area (Å²) >= 11 is 0. The molecule has 5 nitrogen and oxygen atoms in total. The number of hydrogen-bond donors (Lipinski definition) is 3.